The van der Waals surface area contributed by atoms with Crippen molar-refractivity contribution in [3.05, 3.63) is 72.3 Å². The average molecular weight is 380 g/mol. The lowest BCUT2D eigenvalue weighted by atomic mass is 10.1. The van der Waals surface area contributed by atoms with Crippen molar-refractivity contribution in [2.24, 2.45) is 0 Å². The lowest BCUT2D eigenvalue weighted by Crippen LogP contribution is -2.10. The van der Waals surface area contributed by atoms with E-state index in [1.54, 1.807) is 12.5 Å². The highest BCUT2D eigenvalue weighted by Crippen LogP contribution is 2.33. The van der Waals surface area contributed by atoms with E-state index in [-0.39, 0.29) is 0 Å². The molecule has 0 amide bonds. The van der Waals surface area contributed by atoms with Gasteiger partial charge in [0.25, 0.3) is 0 Å². The van der Waals surface area contributed by atoms with Gasteiger partial charge in [-0.2, -0.15) is 5.26 Å². The fourth-order valence-electron chi connectivity index (χ4n) is 4.06. The zero-order valence-corrected chi connectivity index (χ0v) is 16.1. The third-order valence-corrected chi connectivity index (χ3v) is 5.36. The van der Waals surface area contributed by atoms with Crippen molar-refractivity contribution in [1.82, 2.24) is 18.9 Å². The topological polar surface area (TPSA) is 70.9 Å². The van der Waals surface area contributed by atoms with Gasteiger partial charge in [-0.1, -0.05) is 25.1 Å². The molecule has 0 radical (unpaired) electrons. The third kappa shape index (κ3) is 2.79. The molecule has 0 aliphatic carbocycles. The third-order valence-electron chi connectivity index (χ3n) is 5.36. The number of rotatable bonds is 5. The second-order valence-corrected chi connectivity index (χ2v) is 7.04. The summed E-state index contributed by atoms with van der Waals surface area (Å²) < 4.78 is 4.17. The van der Waals surface area contributed by atoms with Gasteiger partial charge in [0.05, 0.1) is 22.9 Å². The number of para-hydroxylation sites is 1. The van der Waals surface area contributed by atoms with Crippen LogP contribution in [0.1, 0.15) is 18.1 Å². The molecule has 0 aliphatic rings. The van der Waals surface area contributed by atoms with Crippen LogP contribution in [-0.2, 0) is 13.0 Å². The van der Waals surface area contributed by atoms with Crippen LogP contribution in [0.15, 0.2) is 61.2 Å². The minimum atomic E-state index is 0.688. The molecule has 0 spiro atoms. The number of anilines is 1. The fraction of sp³-hybridized carbons (Fsp3) is 0.174. The van der Waals surface area contributed by atoms with Gasteiger partial charge in [0.1, 0.15) is 17.5 Å². The number of nitrogens with zero attached hydrogens (tertiary/aromatic N) is 5. The molecular formula is C23H20N6. The van der Waals surface area contributed by atoms with Gasteiger partial charge in [-0.05, 0) is 36.2 Å². The van der Waals surface area contributed by atoms with Gasteiger partial charge in [-0.3, -0.25) is 4.40 Å². The average Bonchev–Trinajstić information content (AvgIpc) is 3.39. The molecule has 4 heterocycles. The number of aromatic nitrogens is 4. The molecule has 0 saturated carbocycles. The number of aryl methyl sites for hydroxylation is 1. The minimum absolute atomic E-state index is 0.688. The number of benzene rings is 1. The molecule has 1 N–H and O–H groups in total. The Balaban J connectivity index is 1.68. The van der Waals surface area contributed by atoms with E-state index in [1.165, 1.54) is 10.9 Å². The monoisotopic (exact) mass is 380 g/mol. The summed E-state index contributed by atoms with van der Waals surface area (Å²) in [5, 5.41) is 15.3. The Kier molecular flexibility index (Phi) is 4.14. The summed E-state index contributed by atoms with van der Waals surface area (Å²) in [6.45, 7) is 3.70. The molecule has 5 aromatic rings. The summed E-state index contributed by atoms with van der Waals surface area (Å²) >= 11 is 0. The lowest BCUT2D eigenvalue weighted by molar-refractivity contribution is 0.725. The summed E-state index contributed by atoms with van der Waals surface area (Å²) in [6, 6.07) is 16.6. The summed E-state index contributed by atoms with van der Waals surface area (Å²) in [5.41, 5.74) is 4.80. The highest BCUT2D eigenvalue weighted by atomic mass is 15.1. The SMILES string of the molecule is CCc1c2ccccc2n2c1c(C#N)cc1ccc(NCCn3ccnc3)nc12. The maximum atomic E-state index is 9.80. The van der Waals surface area contributed by atoms with Crippen LogP contribution in [0.3, 0.4) is 0 Å². The molecule has 29 heavy (non-hydrogen) atoms. The van der Waals surface area contributed by atoms with Gasteiger partial charge in [0, 0.05) is 36.3 Å². The molecule has 5 rings (SSSR count). The van der Waals surface area contributed by atoms with Crippen molar-refractivity contribution in [3.63, 3.8) is 0 Å². The Hall–Kier alpha value is -3.85. The molecule has 6 nitrogen and oxygen atoms in total. The number of imidazole rings is 1. The van der Waals surface area contributed by atoms with Crippen LogP contribution in [0, 0.1) is 11.3 Å². The van der Waals surface area contributed by atoms with Crippen LogP contribution in [-0.4, -0.2) is 25.5 Å². The Morgan fingerprint density at radius 3 is 2.86 bits per heavy atom. The Bertz CT molecular complexity index is 1370. The van der Waals surface area contributed by atoms with Crippen molar-refractivity contribution in [2.45, 2.75) is 19.9 Å². The van der Waals surface area contributed by atoms with Crippen LogP contribution in [0.4, 0.5) is 5.82 Å². The second-order valence-electron chi connectivity index (χ2n) is 7.04. The minimum Gasteiger partial charge on any atom is -0.368 e. The molecule has 6 heteroatoms. The fourth-order valence-corrected chi connectivity index (χ4v) is 4.06. The van der Waals surface area contributed by atoms with Crippen molar-refractivity contribution in [2.75, 3.05) is 11.9 Å². The number of hydrogen-bond donors (Lipinski definition) is 1. The molecule has 1 aromatic carbocycles. The molecule has 0 unspecified atom stereocenters. The summed E-state index contributed by atoms with van der Waals surface area (Å²) in [7, 11) is 0. The van der Waals surface area contributed by atoms with Gasteiger partial charge < -0.3 is 9.88 Å². The first-order chi connectivity index (χ1) is 14.3. The first-order valence-corrected chi connectivity index (χ1v) is 9.75. The largest absolute Gasteiger partial charge is 0.368 e. The Morgan fingerprint density at radius 1 is 1.17 bits per heavy atom. The highest BCUT2D eigenvalue weighted by Gasteiger charge is 2.17. The predicted molar refractivity (Wildman–Crippen MR) is 115 cm³/mol. The zero-order chi connectivity index (χ0) is 19.8. The maximum Gasteiger partial charge on any atom is 0.147 e. The molecule has 0 saturated heterocycles. The van der Waals surface area contributed by atoms with E-state index < -0.39 is 0 Å². The van der Waals surface area contributed by atoms with E-state index in [1.807, 2.05) is 41.1 Å². The second kappa shape index (κ2) is 6.95. The number of hydrogen-bond acceptors (Lipinski definition) is 4. The van der Waals surface area contributed by atoms with Crippen LogP contribution >= 0.6 is 0 Å². The number of nitriles is 1. The van der Waals surface area contributed by atoms with Crippen molar-refractivity contribution in [3.8, 4) is 6.07 Å². The van der Waals surface area contributed by atoms with Crippen LogP contribution in [0.2, 0.25) is 0 Å². The highest BCUT2D eigenvalue weighted by molar-refractivity contribution is 5.99. The van der Waals surface area contributed by atoms with E-state index >= 15 is 0 Å². The first-order valence-electron chi connectivity index (χ1n) is 9.75. The number of nitrogens with one attached hydrogen (secondary N) is 1. The van der Waals surface area contributed by atoms with E-state index in [9.17, 15) is 5.26 Å². The van der Waals surface area contributed by atoms with Gasteiger partial charge in [0.15, 0.2) is 0 Å². The Morgan fingerprint density at radius 2 is 2.07 bits per heavy atom. The standard InChI is InChI=1S/C23H20N6/c1-2-18-19-5-3-4-6-20(19)29-22(18)17(14-24)13-16-7-8-21(27-23(16)29)26-10-12-28-11-9-25-15-28/h3-9,11,13,15H,2,10,12H2,1H3,(H,26,27). The van der Waals surface area contributed by atoms with Gasteiger partial charge in [0.2, 0.25) is 0 Å². The maximum absolute atomic E-state index is 9.80. The van der Waals surface area contributed by atoms with E-state index in [0.717, 1.165) is 47.4 Å². The van der Waals surface area contributed by atoms with E-state index in [0.29, 0.717) is 5.56 Å². The van der Waals surface area contributed by atoms with Crippen LogP contribution in [0.5, 0.6) is 0 Å². The van der Waals surface area contributed by atoms with Crippen molar-refractivity contribution in [1.29, 1.82) is 5.26 Å². The van der Waals surface area contributed by atoms with Gasteiger partial charge >= 0.3 is 0 Å². The molecular weight excluding hydrogens is 360 g/mol. The lowest BCUT2D eigenvalue weighted by Gasteiger charge is -2.10. The smallest absolute Gasteiger partial charge is 0.147 e. The molecule has 4 aromatic heterocycles. The van der Waals surface area contributed by atoms with Gasteiger partial charge in [-0.25, -0.2) is 9.97 Å². The van der Waals surface area contributed by atoms with E-state index in [2.05, 4.69) is 39.8 Å². The molecule has 142 valence electrons. The van der Waals surface area contributed by atoms with Gasteiger partial charge in [-0.15, -0.1) is 0 Å². The quantitative estimate of drug-likeness (QED) is 0.491. The number of fused-ring (bicyclic) bond motifs is 5. The summed E-state index contributed by atoms with van der Waals surface area (Å²) in [6.07, 6.45) is 6.39. The summed E-state index contributed by atoms with van der Waals surface area (Å²) in [4.78, 5) is 8.98. The molecule has 0 fully saturated rings. The molecule has 0 aliphatic heterocycles. The first kappa shape index (κ1) is 17.3. The molecule has 0 atom stereocenters. The number of pyridine rings is 2. The zero-order valence-electron chi connectivity index (χ0n) is 16.1. The summed E-state index contributed by atoms with van der Waals surface area (Å²) in [5.74, 6) is 0.819. The molecule has 0 bridgehead atoms. The van der Waals surface area contributed by atoms with Crippen LogP contribution < -0.4 is 5.32 Å². The van der Waals surface area contributed by atoms with Crippen LogP contribution in [0.25, 0.3) is 27.5 Å². The Labute approximate surface area is 168 Å². The van der Waals surface area contributed by atoms with E-state index in [4.69, 9.17) is 4.98 Å². The normalized spacial score (nSPS) is 11.3. The van der Waals surface area contributed by atoms with Crippen molar-refractivity contribution < 1.29 is 0 Å². The predicted octanol–water partition coefficient (Wildman–Crippen LogP) is 4.38. The van der Waals surface area contributed by atoms with Crippen molar-refractivity contribution >= 4 is 33.3 Å².